The fourth-order valence-electron chi connectivity index (χ4n) is 5.65. The first-order valence-corrected chi connectivity index (χ1v) is 11.1. The number of hydrogen-bond acceptors (Lipinski definition) is 5. The number of amides is 1. The zero-order chi connectivity index (χ0) is 20.0. The molecule has 1 aliphatic heterocycles. The first-order chi connectivity index (χ1) is 14.1. The molecule has 1 saturated heterocycles. The Balaban J connectivity index is 1.26. The molecule has 7 heteroatoms. The van der Waals surface area contributed by atoms with Gasteiger partial charge in [0, 0.05) is 25.2 Å². The summed E-state index contributed by atoms with van der Waals surface area (Å²) in [7, 11) is 0. The monoisotopic (exact) mass is 397 g/mol. The molecular weight excluding hydrogens is 366 g/mol. The van der Waals surface area contributed by atoms with Crippen LogP contribution in [0.15, 0.2) is 18.6 Å². The molecule has 3 fully saturated rings. The average Bonchev–Trinajstić information content (AvgIpc) is 3.16. The molecular formula is C22H31N5O2. The van der Waals surface area contributed by atoms with Gasteiger partial charge in [-0.05, 0) is 56.4 Å². The summed E-state index contributed by atoms with van der Waals surface area (Å²) in [6.07, 6.45) is 10.6. The van der Waals surface area contributed by atoms with E-state index in [4.69, 9.17) is 0 Å². The molecule has 2 unspecified atom stereocenters. The van der Waals surface area contributed by atoms with Crippen molar-refractivity contribution in [2.75, 3.05) is 18.0 Å². The number of aromatic nitrogens is 3. The number of nitrogens with one attached hydrogen (secondary N) is 2. The number of anilines is 1. The second-order valence-corrected chi connectivity index (χ2v) is 9.39. The van der Waals surface area contributed by atoms with Crippen LogP contribution in [-0.2, 0) is 4.79 Å². The van der Waals surface area contributed by atoms with Crippen molar-refractivity contribution < 1.29 is 9.90 Å². The van der Waals surface area contributed by atoms with Crippen molar-refractivity contribution in [3.05, 3.63) is 18.6 Å². The molecule has 2 aromatic heterocycles. The Labute approximate surface area is 171 Å². The fourth-order valence-corrected chi connectivity index (χ4v) is 5.65. The number of aliphatic hydroxyl groups excluding tert-OH is 1. The van der Waals surface area contributed by atoms with Crippen LogP contribution in [0.3, 0.4) is 0 Å². The molecule has 0 bridgehead atoms. The van der Waals surface area contributed by atoms with Gasteiger partial charge in [0.25, 0.3) is 0 Å². The van der Waals surface area contributed by atoms with Gasteiger partial charge in [0.1, 0.15) is 17.8 Å². The highest BCUT2D eigenvalue weighted by Crippen LogP contribution is 2.56. The highest BCUT2D eigenvalue weighted by Gasteiger charge is 2.55. The third-order valence-corrected chi connectivity index (χ3v) is 7.54. The smallest absolute Gasteiger partial charge is 0.224 e. The molecule has 7 nitrogen and oxygen atoms in total. The van der Waals surface area contributed by atoms with Crippen LogP contribution in [0.5, 0.6) is 0 Å². The predicted octanol–water partition coefficient (Wildman–Crippen LogP) is 2.62. The molecule has 3 aliphatic rings. The van der Waals surface area contributed by atoms with E-state index in [1.807, 2.05) is 19.2 Å². The van der Waals surface area contributed by atoms with Crippen LogP contribution >= 0.6 is 0 Å². The van der Waals surface area contributed by atoms with Gasteiger partial charge in [0.15, 0.2) is 0 Å². The number of carbonyl (C=O) groups is 1. The zero-order valence-electron chi connectivity index (χ0n) is 17.1. The lowest BCUT2D eigenvalue weighted by Crippen LogP contribution is -2.52. The minimum Gasteiger partial charge on any atom is -0.391 e. The van der Waals surface area contributed by atoms with Crippen molar-refractivity contribution in [3.8, 4) is 0 Å². The summed E-state index contributed by atoms with van der Waals surface area (Å²) < 4.78 is 0. The van der Waals surface area contributed by atoms with Gasteiger partial charge in [-0.25, -0.2) is 9.97 Å². The summed E-state index contributed by atoms with van der Waals surface area (Å²) in [5.74, 6) is 1.46. The van der Waals surface area contributed by atoms with E-state index in [1.54, 1.807) is 6.33 Å². The Kier molecular flexibility index (Phi) is 4.73. The molecule has 2 aliphatic carbocycles. The van der Waals surface area contributed by atoms with Crippen molar-refractivity contribution in [3.63, 3.8) is 0 Å². The number of aliphatic hydroxyl groups is 1. The molecule has 156 valence electrons. The van der Waals surface area contributed by atoms with Crippen LogP contribution in [-0.4, -0.2) is 51.2 Å². The van der Waals surface area contributed by atoms with Crippen LogP contribution in [0.4, 0.5) is 5.82 Å². The Bertz CT molecular complexity index is 886. The van der Waals surface area contributed by atoms with Gasteiger partial charge in [-0.3, -0.25) is 4.79 Å². The van der Waals surface area contributed by atoms with Gasteiger partial charge in [-0.1, -0.05) is 12.8 Å². The van der Waals surface area contributed by atoms with Crippen LogP contribution in [0.25, 0.3) is 11.0 Å². The number of piperidine rings is 1. The van der Waals surface area contributed by atoms with Crippen molar-refractivity contribution >= 4 is 22.8 Å². The van der Waals surface area contributed by atoms with Gasteiger partial charge in [-0.2, -0.15) is 0 Å². The van der Waals surface area contributed by atoms with Crippen LogP contribution < -0.4 is 10.2 Å². The lowest BCUT2D eigenvalue weighted by molar-refractivity contribution is -0.129. The Morgan fingerprint density at radius 1 is 1.31 bits per heavy atom. The third-order valence-electron chi connectivity index (χ3n) is 7.54. The summed E-state index contributed by atoms with van der Waals surface area (Å²) in [6, 6.07) is 1.84. The van der Waals surface area contributed by atoms with Gasteiger partial charge < -0.3 is 20.3 Å². The Morgan fingerprint density at radius 2 is 2.10 bits per heavy atom. The molecule has 3 N–H and O–H groups in total. The van der Waals surface area contributed by atoms with E-state index >= 15 is 0 Å². The van der Waals surface area contributed by atoms with Crippen molar-refractivity contribution in [2.24, 2.45) is 17.3 Å². The SMILES string of the molecule is CC(NC(=O)[C@H]1CCN(c2ncnc3[nH]ccc23)CC12CC2)C(O)C1CCCC1. The van der Waals surface area contributed by atoms with E-state index < -0.39 is 6.10 Å². The number of aromatic amines is 1. The first-order valence-electron chi connectivity index (χ1n) is 11.1. The number of rotatable bonds is 5. The number of nitrogens with zero attached hydrogens (tertiary/aromatic N) is 3. The molecule has 0 aromatic carbocycles. The van der Waals surface area contributed by atoms with E-state index in [0.717, 1.165) is 62.0 Å². The maximum absolute atomic E-state index is 13.1. The molecule has 3 heterocycles. The third kappa shape index (κ3) is 3.39. The fraction of sp³-hybridized carbons (Fsp3) is 0.682. The Hall–Kier alpha value is -2.15. The average molecular weight is 398 g/mol. The van der Waals surface area contributed by atoms with E-state index in [0.29, 0.717) is 5.92 Å². The van der Waals surface area contributed by atoms with E-state index in [-0.39, 0.29) is 23.3 Å². The van der Waals surface area contributed by atoms with Gasteiger partial charge in [-0.15, -0.1) is 0 Å². The second-order valence-electron chi connectivity index (χ2n) is 9.39. The molecule has 2 aromatic rings. The predicted molar refractivity (Wildman–Crippen MR) is 111 cm³/mol. The zero-order valence-corrected chi connectivity index (χ0v) is 17.1. The Morgan fingerprint density at radius 3 is 2.86 bits per heavy atom. The van der Waals surface area contributed by atoms with Crippen molar-refractivity contribution in [1.29, 1.82) is 0 Å². The van der Waals surface area contributed by atoms with Crippen LogP contribution in [0.2, 0.25) is 0 Å². The number of hydrogen-bond donors (Lipinski definition) is 3. The largest absolute Gasteiger partial charge is 0.391 e. The summed E-state index contributed by atoms with van der Waals surface area (Å²) in [6.45, 7) is 3.64. The molecule has 29 heavy (non-hydrogen) atoms. The summed E-state index contributed by atoms with van der Waals surface area (Å²) in [5.41, 5.74) is 0.906. The molecule has 0 radical (unpaired) electrons. The molecule has 2 saturated carbocycles. The summed E-state index contributed by atoms with van der Waals surface area (Å²) >= 11 is 0. The van der Waals surface area contributed by atoms with Crippen LogP contribution in [0, 0.1) is 17.3 Å². The molecule has 5 rings (SSSR count). The first kappa shape index (κ1) is 18.9. The normalized spacial score (nSPS) is 26.0. The van der Waals surface area contributed by atoms with E-state index in [9.17, 15) is 9.90 Å². The standard InChI is InChI=1S/C22H31N5O2/c1-14(18(28)15-4-2-3-5-15)26-21(29)17-7-11-27(12-22(17)8-9-22)20-16-6-10-23-19(16)24-13-25-20/h6,10,13-15,17-18,28H,2-5,7-9,11-12H2,1H3,(H,26,29)(H,23,24,25)/t14?,17-,18?/m1/s1. The van der Waals surface area contributed by atoms with Gasteiger partial charge in [0.05, 0.1) is 17.5 Å². The molecule has 1 amide bonds. The van der Waals surface area contributed by atoms with Gasteiger partial charge >= 0.3 is 0 Å². The highest BCUT2D eigenvalue weighted by molar-refractivity contribution is 5.87. The molecule has 3 atom stereocenters. The minimum atomic E-state index is -0.431. The van der Waals surface area contributed by atoms with E-state index in [2.05, 4.69) is 25.2 Å². The molecule has 1 spiro atoms. The van der Waals surface area contributed by atoms with Crippen LogP contribution in [0.1, 0.15) is 51.9 Å². The lowest BCUT2D eigenvalue weighted by atomic mass is 9.81. The quantitative estimate of drug-likeness (QED) is 0.721. The van der Waals surface area contributed by atoms with Gasteiger partial charge in [0.2, 0.25) is 5.91 Å². The second kappa shape index (κ2) is 7.27. The maximum atomic E-state index is 13.1. The lowest BCUT2D eigenvalue weighted by Gasteiger charge is -2.40. The van der Waals surface area contributed by atoms with Crippen molar-refractivity contribution in [1.82, 2.24) is 20.3 Å². The topological polar surface area (TPSA) is 94.1 Å². The minimum absolute atomic E-state index is 0.0283. The highest BCUT2D eigenvalue weighted by atomic mass is 16.3. The van der Waals surface area contributed by atoms with E-state index in [1.165, 1.54) is 12.8 Å². The van der Waals surface area contributed by atoms with Crippen molar-refractivity contribution in [2.45, 2.75) is 64.0 Å². The number of fused-ring (bicyclic) bond motifs is 1. The number of H-pyrrole nitrogens is 1. The maximum Gasteiger partial charge on any atom is 0.224 e. The summed E-state index contributed by atoms with van der Waals surface area (Å²) in [4.78, 5) is 27.4. The summed E-state index contributed by atoms with van der Waals surface area (Å²) in [5, 5.41) is 14.8. The number of carbonyl (C=O) groups excluding carboxylic acids is 1.